The van der Waals surface area contributed by atoms with E-state index >= 15 is 0 Å². The minimum absolute atomic E-state index is 0.115. The Morgan fingerprint density at radius 1 is 1.08 bits per heavy atom. The lowest BCUT2D eigenvalue weighted by molar-refractivity contribution is 0.0951. The number of fused-ring (bicyclic) bond motifs is 1. The van der Waals surface area contributed by atoms with Crippen LogP contribution in [0.4, 0.5) is 0 Å². The van der Waals surface area contributed by atoms with Gasteiger partial charge >= 0.3 is 0 Å². The summed E-state index contributed by atoms with van der Waals surface area (Å²) in [6, 6.07) is 13.2. The first kappa shape index (κ1) is 15.4. The number of carbonyl (C=O) groups excluding carboxylic acids is 1. The van der Waals surface area contributed by atoms with Crippen molar-refractivity contribution >= 4 is 27.5 Å². The van der Waals surface area contributed by atoms with Crippen molar-refractivity contribution in [2.24, 2.45) is 0 Å². The van der Waals surface area contributed by atoms with Crippen LogP contribution in [0.15, 0.2) is 66.6 Å². The van der Waals surface area contributed by atoms with Gasteiger partial charge in [0.2, 0.25) is 0 Å². The van der Waals surface area contributed by atoms with Gasteiger partial charge in [-0.15, -0.1) is 11.3 Å². The fourth-order valence-electron chi connectivity index (χ4n) is 2.62. The van der Waals surface area contributed by atoms with Crippen LogP contribution in [-0.2, 0) is 6.54 Å². The molecule has 3 aromatic heterocycles. The van der Waals surface area contributed by atoms with Crippen LogP contribution in [0.3, 0.4) is 0 Å². The Hall–Kier alpha value is -3.12. The summed E-state index contributed by atoms with van der Waals surface area (Å²) in [5, 5.41) is 2.97. The van der Waals surface area contributed by atoms with Gasteiger partial charge in [-0.3, -0.25) is 14.8 Å². The minimum atomic E-state index is -0.115. The molecule has 1 amide bonds. The molecule has 0 spiro atoms. The molecular weight excluding hydrogens is 332 g/mol. The maximum absolute atomic E-state index is 12.5. The summed E-state index contributed by atoms with van der Waals surface area (Å²) in [5.41, 5.74) is 6.02. The fraction of sp³-hybridized carbons (Fsp3) is 0.0526. The predicted octanol–water partition coefficient (Wildman–Crippen LogP) is 3.68. The van der Waals surface area contributed by atoms with Gasteiger partial charge in [-0.05, 0) is 42.0 Å². The van der Waals surface area contributed by atoms with Gasteiger partial charge in [-0.25, -0.2) is 4.98 Å². The molecule has 0 unspecified atom stereocenters. The average Bonchev–Trinajstić information content (AvgIpc) is 3.15. The van der Waals surface area contributed by atoms with Gasteiger partial charge in [0.1, 0.15) is 0 Å². The number of hydrogen-bond donors (Lipinski definition) is 1. The highest BCUT2D eigenvalue weighted by atomic mass is 32.1. The molecule has 0 saturated carbocycles. The van der Waals surface area contributed by atoms with E-state index in [0.717, 1.165) is 27.0 Å². The van der Waals surface area contributed by atoms with Crippen LogP contribution in [0.1, 0.15) is 15.9 Å². The van der Waals surface area contributed by atoms with E-state index in [-0.39, 0.29) is 5.91 Å². The number of nitrogens with one attached hydrogen (secondary N) is 1. The number of aromatic nitrogens is 3. The second-order valence-corrected chi connectivity index (χ2v) is 6.36. The van der Waals surface area contributed by atoms with Crippen LogP contribution >= 0.6 is 11.3 Å². The third-order valence-corrected chi connectivity index (χ3v) is 4.65. The zero-order valence-electron chi connectivity index (χ0n) is 13.2. The van der Waals surface area contributed by atoms with E-state index < -0.39 is 0 Å². The molecule has 0 radical (unpaired) electrons. The van der Waals surface area contributed by atoms with Crippen molar-refractivity contribution in [3.63, 3.8) is 0 Å². The van der Waals surface area contributed by atoms with Crippen LogP contribution in [0.5, 0.6) is 0 Å². The van der Waals surface area contributed by atoms with E-state index in [1.54, 1.807) is 30.2 Å². The van der Waals surface area contributed by atoms with Gasteiger partial charge in [0, 0.05) is 36.3 Å². The molecule has 0 bridgehead atoms. The number of thiazole rings is 1. The van der Waals surface area contributed by atoms with Gasteiger partial charge in [-0.2, -0.15) is 0 Å². The molecule has 0 saturated heterocycles. The fourth-order valence-corrected chi connectivity index (χ4v) is 3.33. The largest absolute Gasteiger partial charge is 0.348 e. The summed E-state index contributed by atoms with van der Waals surface area (Å²) >= 11 is 1.53. The molecule has 122 valence electrons. The van der Waals surface area contributed by atoms with Crippen molar-refractivity contribution in [1.82, 2.24) is 20.3 Å². The minimum Gasteiger partial charge on any atom is -0.348 e. The predicted molar refractivity (Wildman–Crippen MR) is 98.3 cm³/mol. The van der Waals surface area contributed by atoms with E-state index in [2.05, 4.69) is 20.3 Å². The first-order valence-corrected chi connectivity index (χ1v) is 8.65. The normalized spacial score (nSPS) is 10.7. The highest BCUT2D eigenvalue weighted by Crippen LogP contribution is 2.21. The van der Waals surface area contributed by atoms with Gasteiger partial charge in [-0.1, -0.05) is 6.07 Å². The summed E-state index contributed by atoms with van der Waals surface area (Å²) in [6.45, 7) is 0.400. The Morgan fingerprint density at radius 3 is 2.88 bits per heavy atom. The van der Waals surface area contributed by atoms with Gasteiger partial charge in [0.15, 0.2) is 0 Å². The summed E-state index contributed by atoms with van der Waals surface area (Å²) in [6.07, 6.45) is 5.24. The molecule has 0 fully saturated rings. The summed E-state index contributed by atoms with van der Waals surface area (Å²) in [5.74, 6) is -0.115. The lowest BCUT2D eigenvalue weighted by Gasteiger charge is -2.10. The van der Waals surface area contributed by atoms with Crippen molar-refractivity contribution in [2.45, 2.75) is 6.54 Å². The molecule has 0 aliphatic rings. The molecule has 4 aromatic rings. The number of amides is 1. The van der Waals surface area contributed by atoms with E-state index in [0.29, 0.717) is 12.1 Å². The Labute approximate surface area is 148 Å². The Kier molecular flexibility index (Phi) is 4.18. The third kappa shape index (κ3) is 3.25. The SMILES string of the molecule is O=C(NCc1cccnc1-c1cccnc1)c1ccc2ncsc2c1. The summed E-state index contributed by atoms with van der Waals surface area (Å²) in [4.78, 5) is 25.3. The molecule has 3 heterocycles. The standard InChI is InChI=1S/C19H14N4OS/c24-19(13-5-6-16-17(9-13)25-12-23-16)22-11-15-4-2-8-21-18(15)14-3-1-7-20-10-14/h1-10,12H,11H2,(H,22,24). The molecule has 5 nitrogen and oxygen atoms in total. The van der Waals surface area contributed by atoms with E-state index in [1.807, 2.05) is 36.4 Å². The maximum atomic E-state index is 12.5. The van der Waals surface area contributed by atoms with Gasteiger partial charge < -0.3 is 5.32 Å². The van der Waals surface area contributed by atoms with E-state index in [4.69, 9.17) is 0 Å². The number of rotatable bonds is 4. The zero-order valence-corrected chi connectivity index (χ0v) is 14.0. The van der Waals surface area contributed by atoms with E-state index in [9.17, 15) is 4.79 Å². The quantitative estimate of drug-likeness (QED) is 0.612. The second-order valence-electron chi connectivity index (χ2n) is 5.47. The Morgan fingerprint density at radius 2 is 2.00 bits per heavy atom. The average molecular weight is 346 g/mol. The molecule has 25 heavy (non-hydrogen) atoms. The highest BCUT2D eigenvalue weighted by molar-refractivity contribution is 7.16. The molecule has 0 atom stereocenters. The number of nitrogens with zero attached hydrogens (tertiary/aromatic N) is 3. The van der Waals surface area contributed by atoms with Crippen LogP contribution < -0.4 is 5.32 Å². The van der Waals surface area contributed by atoms with E-state index in [1.165, 1.54) is 11.3 Å². The molecule has 6 heteroatoms. The Bertz CT molecular complexity index is 1030. The van der Waals surface area contributed by atoms with Crippen molar-refractivity contribution in [2.75, 3.05) is 0 Å². The lowest BCUT2D eigenvalue weighted by Crippen LogP contribution is -2.23. The summed E-state index contributed by atoms with van der Waals surface area (Å²) in [7, 11) is 0. The Balaban J connectivity index is 1.54. The molecule has 0 aliphatic carbocycles. The third-order valence-electron chi connectivity index (χ3n) is 3.86. The molecule has 0 aliphatic heterocycles. The van der Waals surface area contributed by atoms with Crippen molar-refractivity contribution < 1.29 is 4.79 Å². The van der Waals surface area contributed by atoms with Crippen LogP contribution in [0.2, 0.25) is 0 Å². The lowest BCUT2D eigenvalue weighted by atomic mass is 10.1. The first-order chi connectivity index (χ1) is 12.3. The van der Waals surface area contributed by atoms with Crippen LogP contribution in [0.25, 0.3) is 21.5 Å². The van der Waals surface area contributed by atoms with Crippen molar-refractivity contribution in [1.29, 1.82) is 0 Å². The highest BCUT2D eigenvalue weighted by Gasteiger charge is 2.10. The number of pyridine rings is 2. The molecule has 4 rings (SSSR count). The monoisotopic (exact) mass is 346 g/mol. The number of carbonyl (C=O) groups is 1. The van der Waals surface area contributed by atoms with Crippen LogP contribution in [0, 0.1) is 0 Å². The van der Waals surface area contributed by atoms with Crippen molar-refractivity contribution in [3.8, 4) is 11.3 Å². The maximum Gasteiger partial charge on any atom is 0.251 e. The topological polar surface area (TPSA) is 67.8 Å². The first-order valence-electron chi connectivity index (χ1n) is 7.77. The molecule has 1 N–H and O–H groups in total. The molecule has 1 aromatic carbocycles. The van der Waals surface area contributed by atoms with Crippen molar-refractivity contribution in [3.05, 3.63) is 77.7 Å². The zero-order chi connectivity index (χ0) is 17.1. The smallest absolute Gasteiger partial charge is 0.251 e. The second kappa shape index (κ2) is 6.78. The molecular formula is C19H14N4OS. The van der Waals surface area contributed by atoms with Gasteiger partial charge in [0.05, 0.1) is 21.4 Å². The number of benzene rings is 1. The number of hydrogen-bond acceptors (Lipinski definition) is 5. The summed E-state index contributed by atoms with van der Waals surface area (Å²) < 4.78 is 1.00. The van der Waals surface area contributed by atoms with Crippen LogP contribution in [-0.4, -0.2) is 20.9 Å². The van der Waals surface area contributed by atoms with Gasteiger partial charge in [0.25, 0.3) is 5.91 Å².